The number of nitrogens with two attached hydrogens (primary N) is 1. The molecule has 0 fully saturated rings. The lowest BCUT2D eigenvalue weighted by molar-refractivity contribution is 0.932. The average Bonchev–Trinajstić information content (AvgIpc) is 2.23. The summed E-state index contributed by atoms with van der Waals surface area (Å²) in [4.78, 5) is 6.57. The molecule has 17 heavy (non-hydrogen) atoms. The molecule has 0 aromatic carbocycles. The summed E-state index contributed by atoms with van der Waals surface area (Å²) in [6.45, 7) is 4.83. The number of amidine groups is 1. The highest BCUT2D eigenvalue weighted by Gasteiger charge is 2.14. The van der Waals surface area contributed by atoms with Gasteiger partial charge in [-0.25, -0.2) is 4.98 Å². The lowest BCUT2D eigenvalue weighted by Crippen LogP contribution is -2.26. The molecule has 0 spiro atoms. The molecule has 5 heteroatoms. The van der Waals surface area contributed by atoms with Crippen LogP contribution in [0.5, 0.6) is 0 Å². The molecule has 0 bridgehead atoms. The van der Waals surface area contributed by atoms with Gasteiger partial charge in [-0.3, -0.25) is 5.41 Å². The fraction of sp³-hybridized carbons (Fsp3) is 0.500. The normalized spacial score (nSPS) is 10.4. The van der Waals surface area contributed by atoms with E-state index in [1.165, 1.54) is 0 Å². The molecule has 0 amide bonds. The maximum Gasteiger partial charge on any atom is 0.139 e. The van der Waals surface area contributed by atoms with Gasteiger partial charge >= 0.3 is 0 Å². The molecule has 4 nitrogen and oxygen atoms in total. The molecule has 0 radical (unpaired) electrons. The van der Waals surface area contributed by atoms with Gasteiger partial charge in [0.2, 0.25) is 0 Å². The first kappa shape index (κ1) is 13.8. The van der Waals surface area contributed by atoms with E-state index in [4.69, 9.17) is 11.1 Å². The van der Waals surface area contributed by atoms with Crippen LogP contribution >= 0.6 is 11.8 Å². The van der Waals surface area contributed by atoms with Crippen molar-refractivity contribution in [2.45, 2.75) is 13.8 Å². The molecule has 1 aromatic heterocycles. The summed E-state index contributed by atoms with van der Waals surface area (Å²) < 4.78 is 0. The van der Waals surface area contributed by atoms with Crippen molar-refractivity contribution in [2.24, 2.45) is 5.73 Å². The van der Waals surface area contributed by atoms with Crippen LogP contribution < -0.4 is 10.6 Å². The highest BCUT2D eigenvalue weighted by Crippen LogP contribution is 2.21. The molecule has 0 saturated carbocycles. The summed E-state index contributed by atoms with van der Waals surface area (Å²) in [5, 5.41) is 7.66. The van der Waals surface area contributed by atoms with E-state index < -0.39 is 0 Å². The van der Waals surface area contributed by atoms with Crippen molar-refractivity contribution in [3.63, 3.8) is 0 Å². The fourth-order valence-electron chi connectivity index (χ4n) is 1.76. The SMILES string of the molecule is CSCCN(C)c1nc(C)cc(C)c1C(=N)N. The molecule has 0 aliphatic rings. The number of pyridine rings is 1. The first-order valence-corrected chi connectivity index (χ1v) is 6.89. The molecule has 1 rings (SSSR count). The van der Waals surface area contributed by atoms with E-state index in [9.17, 15) is 0 Å². The van der Waals surface area contributed by atoms with Crippen LogP contribution in [-0.2, 0) is 0 Å². The number of hydrogen-bond acceptors (Lipinski definition) is 4. The lowest BCUT2D eigenvalue weighted by atomic mass is 10.1. The highest BCUT2D eigenvalue weighted by molar-refractivity contribution is 7.98. The van der Waals surface area contributed by atoms with Gasteiger partial charge in [0, 0.05) is 25.0 Å². The Morgan fingerprint density at radius 1 is 1.53 bits per heavy atom. The van der Waals surface area contributed by atoms with Crippen LogP contribution in [0.25, 0.3) is 0 Å². The van der Waals surface area contributed by atoms with Gasteiger partial charge < -0.3 is 10.6 Å². The van der Waals surface area contributed by atoms with E-state index in [-0.39, 0.29) is 5.84 Å². The van der Waals surface area contributed by atoms with Crippen LogP contribution in [0.2, 0.25) is 0 Å². The largest absolute Gasteiger partial charge is 0.384 e. The van der Waals surface area contributed by atoms with Crippen molar-refractivity contribution in [1.82, 2.24) is 4.98 Å². The first-order valence-electron chi connectivity index (χ1n) is 5.50. The molecule has 94 valence electrons. The van der Waals surface area contributed by atoms with Gasteiger partial charge in [0.1, 0.15) is 11.7 Å². The zero-order valence-electron chi connectivity index (χ0n) is 10.9. The third kappa shape index (κ3) is 3.36. The Hall–Kier alpha value is -1.23. The second-order valence-corrected chi connectivity index (χ2v) is 5.09. The fourth-order valence-corrected chi connectivity index (χ4v) is 2.22. The number of aromatic nitrogens is 1. The standard InChI is InChI=1S/C12H20N4S/c1-8-7-9(2)15-12(10(8)11(13)14)16(3)5-6-17-4/h7H,5-6H2,1-4H3,(H3,13,14). The Morgan fingerprint density at radius 2 is 2.18 bits per heavy atom. The molecule has 0 aliphatic carbocycles. The molecule has 1 heterocycles. The minimum atomic E-state index is 0.0843. The van der Waals surface area contributed by atoms with Gasteiger partial charge in [-0.2, -0.15) is 11.8 Å². The molecular formula is C12H20N4S. The van der Waals surface area contributed by atoms with Crippen LogP contribution in [0, 0.1) is 19.3 Å². The molecular weight excluding hydrogens is 232 g/mol. The van der Waals surface area contributed by atoms with Gasteiger partial charge in [0.15, 0.2) is 0 Å². The van der Waals surface area contributed by atoms with Crippen LogP contribution in [0.1, 0.15) is 16.8 Å². The first-order chi connectivity index (χ1) is 7.97. The van der Waals surface area contributed by atoms with Crippen molar-refractivity contribution in [1.29, 1.82) is 5.41 Å². The van der Waals surface area contributed by atoms with Crippen molar-refractivity contribution >= 4 is 23.4 Å². The van der Waals surface area contributed by atoms with Gasteiger partial charge in [-0.15, -0.1) is 0 Å². The number of hydrogen-bond donors (Lipinski definition) is 2. The third-order valence-corrected chi connectivity index (χ3v) is 3.18. The third-order valence-electron chi connectivity index (χ3n) is 2.59. The smallest absolute Gasteiger partial charge is 0.139 e. The zero-order valence-corrected chi connectivity index (χ0v) is 11.7. The lowest BCUT2D eigenvalue weighted by Gasteiger charge is -2.22. The maximum absolute atomic E-state index is 7.66. The van der Waals surface area contributed by atoms with E-state index in [1.807, 2.05) is 27.0 Å². The Morgan fingerprint density at radius 3 is 2.71 bits per heavy atom. The van der Waals surface area contributed by atoms with E-state index in [2.05, 4.69) is 16.1 Å². The van der Waals surface area contributed by atoms with Crippen LogP contribution in [-0.4, -0.2) is 36.4 Å². The van der Waals surface area contributed by atoms with Gasteiger partial charge in [-0.05, 0) is 31.7 Å². The van der Waals surface area contributed by atoms with Gasteiger partial charge in [0.05, 0.1) is 5.56 Å². The summed E-state index contributed by atoms with van der Waals surface area (Å²) >= 11 is 1.79. The summed E-state index contributed by atoms with van der Waals surface area (Å²) in [5.74, 6) is 1.92. The van der Waals surface area contributed by atoms with Gasteiger partial charge in [-0.1, -0.05) is 0 Å². The summed E-state index contributed by atoms with van der Waals surface area (Å²) in [5.41, 5.74) is 8.36. The predicted molar refractivity (Wildman–Crippen MR) is 76.4 cm³/mol. The molecule has 0 atom stereocenters. The zero-order chi connectivity index (χ0) is 13.0. The topological polar surface area (TPSA) is 66.0 Å². The predicted octanol–water partition coefficient (Wildman–Crippen LogP) is 1.78. The molecule has 0 unspecified atom stereocenters. The molecule has 0 aliphatic heterocycles. The van der Waals surface area contributed by atoms with Crippen LogP contribution in [0.3, 0.4) is 0 Å². The summed E-state index contributed by atoms with van der Waals surface area (Å²) in [7, 11) is 1.99. The van der Waals surface area contributed by atoms with E-state index in [0.29, 0.717) is 0 Å². The number of nitrogens with zero attached hydrogens (tertiary/aromatic N) is 2. The Bertz CT molecular complexity index is 417. The number of rotatable bonds is 5. The number of thioether (sulfide) groups is 1. The van der Waals surface area contributed by atoms with Crippen LogP contribution in [0.4, 0.5) is 5.82 Å². The van der Waals surface area contributed by atoms with Crippen LogP contribution in [0.15, 0.2) is 6.07 Å². The molecule has 3 N–H and O–H groups in total. The second-order valence-electron chi connectivity index (χ2n) is 4.11. The Balaban J connectivity index is 3.15. The number of aryl methyl sites for hydroxylation is 2. The minimum Gasteiger partial charge on any atom is -0.384 e. The average molecular weight is 252 g/mol. The number of nitrogen functional groups attached to an aromatic ring is 1. The molecule has 0 saturated heterocycles. The van der Waals surface area contributed by atoms with Crippen molar-refractivity contribution in [2.75, 3.05) is 30.5 Å². The van der Waals surface area contributed by atoms with E-state index in [1.54, 1.807) is 11.8 Å². The summed E-state index contributed by atoms with van der Waals surface area (Å²) in [6.07, 6.45) is 2.08. The van der Waals surface area contributed by atoms with E-state index >= 15 is 0 Å². The Kier molecular flexibility index (Phi) is 4.81. The van der Waals surface area contributed by atoms with Gasteiger partial charge in [0.25, 0.3) is 0 Å². The number of nitrogens with one attached hydrogen (secondary N) is 1. The maximum atomic E-state index is 7.66. The highest BCUT2D eigenvalue weighted by atomic mass is 32.2. The van der Waals surface area contributed by atoms with Crippen molar-refractivity contribution in [3.8, 4) is 0 Å². The quantitative estimate of drug-likeness (QED) is 0.619. The summed E-state index contributed by atoms with van der Waals surface area (Å²) in [6, 6.07) is 1.96. The minimum absolute atomic E-state index is 0.0843. The molecule has 1 aromatic rings. The second kappa shape index (κ2) is 5.91. The van der Waals surface area contributed by atoms with E-state index in [0.717, 1.165) is 34.9 Å². The number of anilines is 1. The van der Waals surface area contributed by atoms with Crippen molar-refractivity contribution in [3.05, 3.63) is 22.9 Å². The monoisotopic (exact) mass is 252 g/mol. The Labute approximate surface area is 107 Å². The van der Waals surface area contributed by atoms with Crippen molar-refractivity contribution < 1.29 is 0 Å².